The van der Waals surface area contributed by atoms with Gasteiger partial charge < -0.3 is 4.90 Å². The summed E-state index contributed by atoms with van der Waals surface area (Å²) in [4.78, 5) is 2.57. The van der Waals surface area contributed by atoms with Crippen LogP contribution in [0.3, 0.4) is 0 Å². The second-order valence-electron chi connectivity index (χ2n) is 6.33. The molecule has 1 aromatic rings. The highest BCUT2D eigenvalue weighted by molar-refractivity contribution is 5.76. The van der Waals surface area contributed by atoms with Crippen molar-refractivity contribution in [3.63, 3.8) is 0 Å². The smallest absolute Gasteiger partial charge is 0.0445 e. The standard InChI is InChI=1S/C18H27N/c1-6-16(5)17-8-7-13(2)10-18(17)19-11-14(3)9-15(4)12-19/h7-8,10,14-15H,5-6,9,11-12H2,1-4H3. The number of hydrogen-bond acceptors (Lipinski definition) is 1. The van der Waals surface area contributed by atoms with Gasteiger partial charge in [0.25, 0.3) is 0 Å². The van der Waals surface area contributed by atoms with E-state index in [2.05, 4.69) is 57.4 Å². The van der Waals surface area contributed by atoms with Gasteiger partial charge in [0.2, 0.25) is 0 Å². The fourth-order valence-corrected chi connectivity index (χ4v) is 3.25. The first-order valence-electron chi connectivity index (χ1n) is 7.55. The van der Waals surface area contributed by atoms with Crippen molar-refractivity contribution in [1.29, 1.82) is 0 Å². The zero-order valence-corrected chi connectivity index (χ0v) is 12.9. The molecule has 19 heavy (non-hydrogen) atoms. The van der Waals surface area contributed by atoms with Crippen LogP contribution in [0.1, 0.15) is 44.7 Å². The van der Waals surface area contributed by atoms with Crippen molar-refractivity contribution in [2.24, 2.45) is 11.8 Å². The number of benzene rings is 1. The fourth-order valence-electron chi connectivity index (χ4n) is 3.25. The Hall–Kier alpha value is -1.24. The number of piperidine rings is 1. The zero-order valence-electron chi connectivity index (χ0n) is 12.9. The SMILES string of the molecule is C=C(CC)c1ccc(C)cc1N1CC(C)CC(C)C1. The van der Waals surface area contributed by atoms with Gasteiger partial charge in [0.15, 0.2) is 0 Å². The van der Waals surface area contributed by atoms with Crippen LogP contribution in [0.15, 0.2) is 24.8 Å². The summed E-state index contributed by atoms with van der Waals surface area (Å²) in [5, 5.41) is 0. The molecule has 1 aliphatic heterocycles. The number of rotatable bonds is 3. The molecule has 1 aliphatic rings. The van der Waals surface area contributed by atoms with Crippen molar-refractivity contribution < 1.29 is 0 Å². The maximum atomic E-state index is 4.24. The van der Waals surface area contributed by atoms with E-state index in [1.54, 1.807) is 0 Å². The van der Waals surface area contributed by atoms with Crippen LogP contribution >= 0.6 is 0 Å². The summed E-state index contributed by atoms with van der Waals surface area (Å²) >= 11 is 0. The van der Waals surface area contributed by atoms with Gasteiger partial charge in [-0.1, -0.05) is 39.5 Å². The van der Waals surface area contributed by atoms with E-state index in [9.17, 15) is 0 Å². The topological polar surface area (TPSA) is 3.24 Å². The molecular formula is C18H27N. The molecule has 1 heteroatoms. The Kier molecular flexibility index (Phi) is 4.34. The van der Waals surface area contributed by atoms with E-state index in [4.69, 9.17) is 0 Å². The van der Waals surface area contributed by atoms with Gasteiger partial charge in [0, 0.05) is 24.3 Å². The molecule has 0 aromatic heterocycles. The zero-order chi connectivity index (χ0) is 14.0. The average molecular weight is 257 g/mol. The molecule has 0 radical (unpaired) electrons. The number of nitrogens with zero attached hydrogens (tertiary/aromatic N) is 1. The lowest BCUT2D eigenvalue weighted by atomic mass is 9.90. The van der Waals surface area contributed by atoms with Crippen molar-refractivity contribution in [1.82, 2.24) is 0 Å². The summed E-state index contributed by atoms with van der Waals surface area (Å²) < 4.78 is 0. The fraction of sp³-hybridized carbons (Fsp3) is 0.556. The van der Waals surface area contributed by atoms with Crippen molar-refractivity contribution in [2.45, 2.75) is 40.5 Å². The summed E-state index contributed by atoms with van der Waals surface area (Å²) in [6.07, 6.45) is 2.38. The van der Waals surface area contributed by atoms with Gasteiger partial charge in [0.05, 0.1) is 0 Å². The molecule has 0 bridgehead atoms. The Morgan fingerprint density at radius 2 is 1.89 bits per heavy atom. The number of aryl methyl sites for hydroxylation is 1. The molecule has 1 saturated heterocycles. The lowest BCUT2D eigenvalue weighted by molar-refractivity contribution is 0.357. The van der Waals surface area contributed by atoms with Gasteiger partial charge in [-0.05, 0) is 48.8 Å². The summed E-state index contributed by atoms with van der Waals surface area (Å²) in [5.41, 5.74) is 5.33. The van der Waals surface area contributed by atoms with E-state index in [1.165, 1.54) is 41.9 Å². The second kappa shape index (κ2) is 5.81. The average Bonchev–Trinajstić information content (AvgIpc) is 2.36. The Labute approximate surface area is 118 Å². The van der Waals surface area contributed by atoms with Crippen molar-refractivity contribution >= 4 is 11.3 Å². The molecule has 0 N–H and O–H groups in total. The Morgan fingerprint density at radius 1 is 1.26 bits per heavy atom. The highest BCUT2D eigenvalue weighted by atomic mass is 15.1. The van der Waals surface area contributed by atoms with E-state index in [0.717, 1.165) is 18.3 Å². The van der Waals surface area contributed by atoms with Gasteiger partial charge in [-0.15, -0.1) is 0 Å². The quantitative estimate of drug-likeness (QED) is 0.744. The molecule has 1 heterocycles. The van der Waals surface area contributed by atoms with Gasteiger partial charge >= 0.3 is 0 Å². The van der Waals surface area contributed by atoms with Crippen molar-refractivity contribution in [3.05, 3.63) is 35.9 Å². The lowest BCUT2D eigenvalue weighted by Crippen LogP contribution is -2.39. The van der Waals surface area contributed by atoms with Crippen molar-refractivity contribution in [2.75, 3.05) is 18.0 Å². The minimum absolute atomic E-state index is 0.784. The van der Waals surface area contributed by atoms with Crippen LogP contribution in [0.25, 0.3) is 5.57 Å². The van der Waals surface area contributed by atoms with E-state index >= 15 is 0 Å². The molecular weight excluding hydrogens is 230 g/mol. The van der Waals surface area contributed by atoms with E-state index in [1.807, 2.05) is 0 Å². The third kappa shape index (κ3) is 3.20. The predicted molar refractivity (Wildman–Crippen MR) is 85.7 cm³/mol. The number of anilines is 1. The van der Waals surface area contributed by atoms with Crippen LogP contribution in [0.5, 0.6) is 0 Å². The van der Waals surface area contributed by atoms with Crippen LogP contribution < -0.4 is 4.90 Å². The van der Waals surface area contributed by atoms with E-state index in [0.29, 0.717) is 0 Å². The summed E-state index contributed by atoms with van der Waals surface area (Å²) in [6.45, 7) is 15.7. The molecule has 1 nitrogen and oxygen atoms in total. The largest absolute Gasteiger partial charge is 0.371 e. The number of allylic oxidation sites excluding steroid dienone is 1. The monoisotopic (exact) mass is 257 g/mol. The Bertz CT molecular complexity index is 451. The molecule has 2 unspecified atom stereocenters. The van der Waals surface area contributed by atoms with Crippen LogP contribution in [0, 0.1) is 18.8 Å². The van der Waals surface area contributed by atoms with Crippen LogP contribution in [0.2, 0.25) is 0 Å². The molecule has 0 amide bonds. The van der Waals surface area contributed by atoms with E-state index in [-0.39, 0.29) is 0 Å². The highest BCUT2D eigenvalue weighted by Crippen LogP contribution is 2.33. The molecule has 0 spiro atoms. The molecule has 0 aliphatic carbocycles. The van der Waals surface area contributed by atoms with E-state index < -0.39 is 0 Å². The molecule has 0 saturated carbocycles. The summed E-state index contributed by atoms with van der Waals surface area (Å²) in [5.74, 6) is 1.57. The van der Waals surface area contributed by atoms with Gasteiger partial charge in [0.1, 0.15) is 0 Å². The maximum Gasteiger partial charge on any atom is 0.0445 e. The molecule has 2 rings (SSSR count). The number of hydrogen-bond donors (Lipinski definition) is 0. The third-order valence-electron chi connectivity index (χ3n) is 4.17. The molecule has 104 valence electrons. The molecule has 2 atom stereocenters. The molecule has 1 fully saturated rings. The second-order valence-corrected chi connectivity index (χ2v) is 6.33. The van der Waals surface area contributed by atoms with Crippen LogP contribution in [-0.4, -0.2) is 13.1 Å². The maximum absolute atomic E-state index is 4.24. The predicted octanol–water partition coefficient (Wildman–Crippen LogP) is 4.90. The summed E-state index contributed by atoms with van der Waals surface area (Å²) in [7, 11) is 0. The first kappa shape index (κ1) is 14.2. The lowest BCUT2D eigenvalue weighted by Gasteiger charge is -2.38. The van der Waals surface area contributed by atoms with Crippen LogP contribution in [-0.2, 0) is 0 Å². The third-order valence-corrected chi connectivity index (χ3v) is 4.17. The van der Waals surface area contributed by atoms with Crippen molar-refractivity contribution in [3.8, 4) is 0 Å². The molecule has 1 aromatic carbocycles. The van der Waals surface area contributed by atoms with Gasteiger partial charge in [-0.25, -0.2) is 0 Å². The Balaban J connectivity index is 2.36. The Morgan fingerprint density at radius 3 is 2.47 bits per heavy atom. The van der Waals surface area contributed by atoms with Crippen LogP contribution in [0.4, 0.5) is 5.69 Å². The first-order chi connectivity index (χ1) is 9.01. The van der Waals surface area contributed by atoms with Gasteiger partial charge in [-0.3, -0.25) is 0 Å². The highest BCUT2D eigenvalue weighted by Gasteiger charge is 2.23. The first-order valence-corrected chi connectivity index (χ1v) is 7.55. The normalized spacial score (nSPS) is 23.5. The van der Waals surface area contributed by atoms with Gasteiger partial charge in [-0.2, -0.15) is 0 Å². The minimum atomic E-state index is 0.784. The minimum Gasteiger partial charge on any atom is -0.371 e. The summed E-state index contributed by atoms with van der Waals surface area (Å²) in [6, 6.07) is 6.79.